The Morgan fingerprint density at radius 3 is 2.58 bits per heavy atom. The molecule has 0 spiro atoms. The third-order valence-corrected chi connectivity index (χ3v) is 4.85. The molecule has 4 N–H and O–H groups in total. The zero-order chi connectivity index (χ0) is 14.5. The number of nitrogens with two attached hydrogens (primary N) is 1. The molecular formula is C15H30N2O2. The number of aliphatic hydroxyl groups excluding tert-OH is 1. The van der Waals surface area contributed by atoms with Gasteiger partial charge in [-0.3, -0.25) is 4.79 Å². The molecule has 112 valence electrons. The van der Waals surface area contributed by atoms with E-state index >= 15 is 0 Å². The lowest BCUT2D eigenvalue weighted by Crippen LogP contribution is -2.55. The van der Waals surface area contributed by atoms with Gasteiger partial charge >= 0.3 is 0 Å². The first-order valence-corrected chi connectivity index (χ1v) is 7.56. The fraction of sp³-hybridized carbons (Fsp3) is 0.933. The molecular weight excluding hydrogens is 240 g/mol. The maximum atomic E-state index is 12.1. The Morgan fingerprint density at radius 1 is 1.53 bits per heavy atom. The monoisotopic (exact) mass is 270 g/mol. The lowest BCUT2D eigenvalue weighted by atomic mass is 9.60. The first kappa shape index (κ1) is 16.4. The molecule has 2 atom stereocenters. The highest BCUT2D eigenvalue weighted by molar-refractivity contribution is 5.85. The SMILES string of the molecule is CCCC(C)(N)C(=O)NCC1(C(C)CCO)CCC1. The Labute approximate surface area is 117 Å². The van der Waals surface area contributed by atoms with Crippen LogP contribution in [0.1, 0.15) is 59.3 Å². The molecule has 0 aromatic carbocycles. The Hall–Kier alpha value is -0.610. The van der Waals surface area contributed by atoms with Crippen molar-refractivity contribution in [2.24, 2.45) is 17.1 Å². The normalized spacial score (nSPS) is 22.2. The van der Waals surface area contributed by atoms with Gasteiger partial charge in [0, 0.05) is 13.2 Å². The van der Waals surface area contributed by atoms with Crippen molar-refractivity contribution < 1.29 is 9.90 Å². The molecule has 1 fully saturated rings. The van der Waals surface area contributed by atoms with Crippen LogP contribution in [0.25, 0.3) is 0 Å². The Bertz CT molecular complexity index is 299. The molecule has 1 aliphatic carbocycles. The van der Waals surface area contributed by atoms with E-state index in [-0.39, 0.29) is 17.9 Å². The number of nitrogens with one attached hydrogen (secondary N) is 1. The number of carbonyl (C=O) groups excluding carboxylic acids is 1. The second kappa shape index (κ2) is 6.71. The van der Waals surface area contributed by atoms with Gasteiger partial charge < -0.3 is 16.2 Å². The maximum absolute atomic E-state index is 12.1. The summed E-state index contributed by atoms with van der Waals surface area (Å²) in [6.45, 7) is 6.94. The lowest BCUT2D eigenvalue weighted by Gasteiger charge is -2.47. The van der Waals surface area contributed by atoms with Crippen molar-refractivity contribution in [1.82, 2.24) is 5.32 Å². The van der Waals surface area contributed by atoms with Gasteiger partial charge in [0.15, 0.2) is 0 Å². The zero-order valence-electron chi connectivity index (χ0n) is 12.7. The molecule has 0 radical (unpaired) electrons. The number of hydrogen-bond donors (Lipinski definition) is 3. The summed E-state index contributed by atoms with van der Waals surface area (Å²) < 4.78 is 0. The van der Waals surface area contributed by atoms with Gasteiger partial charge in [0.1, 0.15) is 0 Å². The zero-order valence-corrected chi connectivity index (χ0v) is 12.7. The average Bonchev–Trinajstić information content (AvgIpc) is 2.27. The van der Waals surface area contributed by atoms with Crippen LogP contribution in [-0.2, 0) is 4.79 Å². The molecule has 19 heavy (non-hydrogen) atoms. The van der Waals surface area contributed by atoms with E-state index in [1.54, 1.807) is 6.92 Å². The van der Waals surface area contributed by atoms with Crippen LogP contribution in [0.4, 0.5) is 0 Å². The van der Waals surface area contributed by atoms with Crippen LogP contribution in [0.2, 0.25) is 0 Å². The molecule has 0 aromatic rings. The molecule has 1 rings (SSSR count). The third-order valence-electron chi connectivity index (χ3n) is 4.85. The van der Waals surface area contributed by atoms with E-state index in [9.17, 15) is 4.79 Å². The first-order valence-electron chi connectivity index (χ1n) is 7.56. The summed E-state index contributed by atoms with van der Waals surface area (Å²) in [6.07, 6.45) is 5.93. The van der Waals surface area contributed by atoms with E-state index in [4.69, 9.17) is 10.8 Å². The molecule has 0 aromatic heterocycles. The van der Waals surface area contributed by atoms with Crippen LogP contribution in [0.3, 0.4) is 0 Å². The van der Waals surface area contributed by atoms with E-state index in [0.29, 0.717) is 18.9 Å². The van der Waals surface area contributed by atoms with Crippen LogP contribution >= 0.6 is 0 Å². The standard InChI is InChI=1S/C15H30N2O2/c1-4-7-14(3,16)13(19)17-11-15(8-5-9-15)12(2)6-10-18/h12,18H,4-11,16H2,1-3H3,(H,17,19). The fourth-order valence-corrected chi connectivity index (χ4v) is 3.07. The summed E-state index contributed by atoms with van der Waals surface area (Å²) in [5.41, 5.74) is 5.46. The highest BCUT2D eigenvalue weighted by Crippen LogP contribution is 2.47. The van der Waals surface area contributed by atoms with E-state index in [0.717, 1.165) is 25.7 Å². The molecule has 0 saturated heterocycles. The van der Waals surface area contributed by atoms with Gasteiger partial charge in [-0.1, -0.05) is 26.7 Å². The number of hydrogen-bond acceptors (Lipinski definition) is 3. The van der Waals surface area contributed by atoms with Crippen molar-refractivity contribution in [2.45, 2.75) is 64.8 Å². The van der Waals surface area contributed by atoms with Gasteiger partial charge in [0.2, 0.25) is 5.91 Å². The number of carbonyl (C=O) groups is 1. The Morgan fingerprint density at radius 2 is 2.16 bits per heavy atom. The average molecular weight is 270 g/mol. The van der Waals surface area contributed by atoms with Gasteiger partial charge in [-0.25, -0.2) is 0 Å². The van der Waals surface area contributed by atoms with Gasteiger partial charge in [-0.15, -0.1) is 0 Å². The third kappa shape index (κ3) is 3.93. The van der Waals surface area contributed by atoms with Gasteiger partial charge in [-0.2, -0.15) is 0 Å². The van der Waals surface area contributed by atoms with Crippen LogP contribution in [0.15, 0.2) is 0 Å². The second-order valence-electron chi connectivity index (χ2n) is 6.48. The fourth-order valence-electron chi connectivity index (χ4n) is 3.07. The molecule has 4 nitrogen and oxygen atoms in total. The highest BCUT2D eigenvalue weighted by atomic mass is 16.3. The maximum Gasteiger partial charge on any atom is 0.239 e. The van der Waals surface area contributed by atoms with Crippen LogP contribution in [-0.4, -0.2) is 29.7 Å². The van der Waals surface area contributed by atoms with Crippen molar-refractivity contribution in [1.29, 1.82) is 0 Å². The van der Waals surface area contributed by atoms with Crippen molar-refractivity contribution >= 4 is 5.91 Å². The number of rotatable bonds is 8. The predicted octanol–water partition coefficient (Wildman–Crippen LogP) is 1.81. The predicted molar refractivity (Wildman–Crippen MR) is 77.7 cm³/mol. The quantitative estimate of drug-likeness (QED) is 0.629. The minimum absolute atomic E-state index is 0.0446. The molecule has 1 aliphatic rings. The Balaban J connectivity index is 2.52. The molecule has 0 bridgehead atoms. The summed E-state index contributed by atoms with van der Waals surface area (Å²) >= 11 is 0. The molecule has 1 amide bonds. The lowest BCUT2D eigenvalue weighted by molar-refractivity contribution is -0.127. The van der Waals surface area contributed by atoms with Crippen molar-refractivity contribution in [3.63, 3.8) is 0 Å². The van der Waals surface area contributed by atoms with Gasteiger partial charge in [0.25, 0.3) is 0 Å². The van der Waals surface area contributed by atoms with E-state index in [2.05, 4.69) is 12.2 Å². The van der Waals surface area contributed by atoms with E-state index < -0.39 is 5.54 Å². The van der Waals surface area contributed by atoms with E-state index in [1.165, 1.54) is 6.42 Å². The van der Waals surface area contributed by atoms with Crippen molar-refractivity contribution in [3.8, 4) is 0 Å². The van der Waals surface area contributed by atoms with Gasteiger partial charge in [-0.05, 0) is 43.9 Å². The van der Waals surface area contributed by atoms with Crippen molar-refractivity contribution in [2.75, 3.05) is 13.2 Å². The van der Waals surface area contributed by atoms with Crippen LogP contribution < -0.4 is 11.1 Å². The first-order chi connectivity index (χ1) is 8.88. The summed E-state index contributed by atoms with van der Waals surface area (Å²) in [5, 5.41) is 12.1. The number of amides is 1. The smallest absolute Gasteiger partial charge is 0.239 e. The minimum Gasteiger partial charge on any atom is -0.396 e. The highest BCUT2D eigenvalue weighted by Gasteiger charge is 2.42. The topological polar surface area (TPSA) is 75.4 Å². The summed E-state index contributed by atoms with van der Waals surface area (Å²) in [4.78, 5) is 12.1. The van der Waals surface area contributed by atoms with E-state index in [1.807, 2.05) is 6.92 Å². The summed E-state index contributed by atoms with van der Waals surface area (Å²) in [7, 11) is 0. The van der Waals surface area contributed by atoms with Crippen molar-refractivity contribution in [3.05, 3.63) is 0 Å². The van der Waals surface area contributed by atoms with Gasteiger partial charge in [0.05, 0.1) is 5.54 Å². The molecule has 4 heteroatoms. The number of aliphatic hydroxyl groups is 1. The van der Waals surface area contributed by atoms with Crippen LogP contribution in [0, 0.1) is 11.3 Å². The largest absolute Gasteiger partial charge is 0.396 e. The Kier molecular flexibility index (Phi) is 5.81. The molecule has 1 saturated carbocycles. The minimum atomic E-state index is -0.764. The molecule has 2 unspecified atom stereocenters. The summed E-state index contributed by atoms with van der Waals surface area (Å²) in [5.74, 6) is 0.401. The van der Waals surface area contributed by atoms with Crippen LogP contribution in [0.5, 0.6) is 0 Å². The second-order valence-corrected chi connectivity index (χ2v) is 6.48. The molecule has 0 heterocycles. The summed E-state index contributed by atoms with van der Waals surface area (Å²) in [6, 6.07) is 0. The molecule has 0 aliphatic heterocycles.